The summed E-state index contributed by atoms with van der Waals surface area (Å²) in [5, 5.41) is 7.89. The Kier molecular flexibility index (Phi) is 4.03. The fourth-order valence-electron chi connectivity index (χ4n) is 3.61. The minimum Gasteiger partial charge on any atom is -0.297 e. The van der Waals surface area contributed by atoms with Crippen molar-refractivity contribution in [2.24, 2.45) is 5.92 Å². The van der Waals surface area contributed by atoms with Gasteiger partial charge in [0.05, 0.1) is 22.9 Å². The van der Waals surface area contributed by atoms with Crippen LogP contribution in [0.2, 0.25) is 0 Å². The topological polar surface area (TPSA) is 51.0 Å². The average Bonchev–Trinajstić information content (AvgIpc) is 2.91. The zero-order chi connectivity index (χ0) is 15.8. The smallest absolute Gasteiger partial charge is 0.267 e. The second-order valence-electron chi connectivity index (χ2n) is 6.76. The number of aromatic nitrogens is 3. The lowest BCUT2D eigenvalue weighted by Crippen LogP contribution is -2.49. The van der Waals surface area contributed by atoms with Crippen molar-refractivity contribution >= 4 is 11.3 Å². The maximum Gasteiger partial charge on any atom is 0.267 e. The molecule has 122 valence electrons. The third-order valence-corrected chi connectivity index (χ3v) is 5.61. The van der Waals surface area contributed by atoms with E-state index in [0.29, 0.717) is 5.92 Å². The van der Waals surface area contributed by atoms with Crippen LogP contribution in [0.15, 0.2) is 16.2 Å². The number of hydrogen-bond donors (Lipinski definition) is 0. The lowest BCUT2D eigenvalue weighted by atomic mass is 9.96. The minimum absolute atomic E-state index is 0.0687. The third-order valence-electron chi connectivity index (χ3n) is 4.79. The summed E-state index contributed by atoms with van der Waals surface area (Å²) >= 11 is 1.71. The van der Waals surface area contributed by atoms with Crippen LogP contribution in [0.25, 0.3) is 0 Å². The normalized spacial score (nSPS) is 18.7. The van der Waals surface area contributed by atoms with Crippen LogP contribution >= 0.6 is 11.3 Å². The lowest BCUT2D eigenvalue weighted by Gasteiger charge is -2.38. The number of rotatable bonds is 4. The lowest BCUT2D eigenvalue weighted by molar-refractivity contribution is 0.0753. The van der Waals surface area contributed by atoms with Crippen LogP contribution in [0.4, 0.5) is 0 Å². The monoisotopic (exact) mass is 330 g/mol. The summed E-state index contributed by atoms with van der Waals surface area (Å²) in [7, 11) is 0. The third kappa shape index (κ3) is 3.23. The summed E-state index contributed by atoms with van der Waals surface area (Å²) in [6.45, 7) is 5.77. The molecule has 0 N–H and O–H groups in total. The molecule has 2 aromatic heterocycles. The molecule has 0 unspecified atom stereocenters. The van der Waals surface area contributed by atoms with Crippen molar-refractivity contribution < 1.29 is 0 Å². The Labute approximate surface area is 140 Å². The van der Waals surface area contributed by atoms with E-state index >= 15 is 0 Å². The van der Waals surface area contributed by atoms with E-state index in [0.717, 1.165) is 55.4 Å². The van der Waals surface area contributed by atoms with E-state index in [1.54, 1.807) is 16.0 Å². The molecule has 4 rings (SSSR count). The summed E-state index contributed by atoms with van der Waals surface area (Å²) in [5.74, 6) is 0.529. The molecule has 0 bridgehead atoms. The molecule has 0 radical (unpaired) electrons. The Bertz CT molecular complexity index is 760. The fraction of sp³-hybridized carbons (Fsp3) is 0.588. The summed E-state index contributed by atoms with van der Waals surface area (Å²) in [6, 6.07) is 1.82. The van der Waals surface area contributed by atoms with Crippen LogP contribution in [0.3, 0.4) is 0 Å². The predicted molar refractivity (Wildman–Crippen MR) is 90.8 cm³/mol. The first kappa shape index (κ1) is 15.0. The van der Waals surface area contributed by atoms with Gasteiger partial charge < -0.3 is 0 Å². The number of hydrogen-bond acceptors (Lipinski definition) is 5. The van der Waals surface area contributed by atoms with Gasteiger partial charge in [-0.15, -0.1) is 11.3 Å². The molecule has 0 spiro atoms. The number of thiazole rings is 1. The van der Waals surface area contributed by atoms with Gasteiger partial charge in [0.1, 0.15) is 0 Å². The molecule has 23 heavy (non-hydrogen) atoms. The van der Waals surface area contributed by atoms with Gasteiger partial charge in [-0.05, 0) is 38.2 Å². The van der Waals surface area contributed by atoms with Gasteiger partial charge in [0, 0.05) is 37.0 Å². The highest BCUT2D eigenvalue weighted by Crippen LogP contribution is 2.21. The van der Waals surface area contributed by atoms with Crippen LogP contribution < -0.4 is 5.56 Å². The molecule has 0 saturated carbocycles. The largest absolute Gasteiger partial charge is 0.297 e. The van der Waals surface area contributed by atoms with Crippen LogP contribution in [-0.4, -0.2) is 32.8 Å². The van der Waals surface area contributed by atoms with Gasteiger partial charge in [-0.3, -0.25) is 9.69 Å². The van der Waals surface area contributed by atoms with E-state index in [1.165, 1.54) is 18.4 Å². The van der Waals surface area contributed by atoms with E-state index in [1.807, 2.05) is 13.0 Å². The van der Waals surface area contributed by atoms with Gasteiger partial charge >= 0.3 is 0 Å². The van der Waals surface area contributed by atoms with E-state index in [-0.39, 0.29) is 5.56 Å². The summed E-state index contributed by atoms with van der Waals surface area (Å²) in [6.07, 6.45) is 4.42. The van der Waals surface area contributed by atoms with Gasteiger partial charge in [-0.1, -0.05) is 0 Å². The second-order valence-corrected chi connectivity index (χ2v) is 7.82. The maximum absolute atomic E-state index is 12.2. The van der Waals surface area contributed by atoms with Gasteiger partial charge in [0.2, 0.25) is 0 Å². The Morgan fingerprint density at radius 3 is 2.91 bits per heavy atom. The van der Waals surface area contributed by atoms with Crippen molar-refractivity contribution in [2.45, 2.75) is 45.7 Å². The predicted octanol–water partition coefficient (Wildman–Crippen LogP) is 2.02. The number of likely N-dealkylation sites (tertiary alicyclic amines) is 1. The number of aryl methyl sites for hydroxylation is 3. The second kappa shape index (κ2) is 6.17. The Morgan fingerprint density at radius 2 is 2.13 bits per heavy atom. The summed E-state index contributed by atoms with van der Waals surface area (Å²) < 4.78 is 1.69. The van der Waals surface area contributed by atoms with Crippen LogP contribution in [0, 0.1) is 12.8 Å². The standard InChI is InChI=1S/C17H22N4OS/c1-12-18-15(11-23-12)10-20-7-13(8-20)9-21-17(22)6-14-4-2-3-5-16(14)19-21/h6,11,13H,2-5,7-10H2,1H3. The molecule has 2 aliphatic rings. The van der Waals surface area contributed by atoms with Crippen molar-refractivity contribution in [1.29, 1.82) is 0 Å². The Balaban J connectivity index is 1.36. The van der Waals surface area contributed by atoms with Gasteiger partial charge in [-0.2, -0.15) is 5.10 Å². The summed E-state index contributed by atoms with van der Waals surface area (Å²) in [5.41, 5.74) is 3.55. The van der Waals surface area contributed by atoms with Gasteiger partial charge in [0.15, 0.2) is 0 Å². The molecule has 0 atom stereocenters. The van der Waals surface area contributed by atoms with E-state index in [4.69, 9.17) is 0 Å². The molecule has 5 nitrogen and oxygen atoms in total. The van der Waals surface area contributed by atoms with Crippen LogP contribution in [-0.2, 0) is 25.9 Å². The zero-order valence-electron chi connectivity index (χ0n) is 13.5. The number of fused-ring (bicyclic) bond motifs is 1. The van der Waals surface area contributed by atoms with Crippen molar-refractivity contribution in [1.82, 2.24) is 19.7 Å². The molecule has 6 heteroatoms. The van der Waals surface area contributed by atoms with E-state index < -0.39 is 0 Å². The van der Waals surface area contributed by atoms with Crippen LogP contribution in [0.5, 0.6) is 0 Å². The SMILES string of the molecule is Cc1nc(CN2CC(Cn3nc4c(cc3=O)CCCC4)C2)cs1. The molecular weight excluding hydrogens is 308 g/mol. The summed E-state index contributed by atoms with van der Waals surface area (Å²) in [4.78, 5) is 19.1. The number of nitrogens with zero attached hydrogens (tertiary/aromatic N) is 4. The Hall–Kier alpha value is -1.53. The highest BCUT2D eigenvalue weighted by atomic mass is 32.1. The molecule has 3 heterocycles. The van der Waals surface area contributed by atoms with E-state index in [2.05, 4.69) is 20.4 Å². The molecule has 1 saturated heterocycles. The van der Waals surface area contributed by atoms with Crippen molar-refractivity contribution in [2.75, 3.05) is 13.1 Å². The maximum atomic E-state index is 12.2. The molecule has 1 fully saturated rings. The van der Waals surface area contributed by atoms with Gasteiger partial charge in [0.25, 0.3) is 5.56 Å². The molecule has 1 aliphatic carbocycles. The average molecular weight is 330 g/mol. The molecule has 0 amide bonds. The zero-order valence-corrected chi connectivity index (χ0v) is 14.3. The van der Waals surface area contributed by atoms with E-state index in [9.17, 15) is 4.79 Å². The van der Waals surface area contributed by atoms with Crippen molar-refractivity contribution in [3.63, 3.8) is 0 Å². The minimum atomic E-state index is 0.0687. The highest BCUT2D eigenvalue weighted by molar-refractivity contribution is 7.09. The first-order chi connectivity index (χ1) is 11.2. The van der Waals surface area contributed by atoms with Crippen LogP contribution in [0.1, 0.15) is 34.8 Å². The van der Waals surface area contributed by atoms with Gasteiger partial charge in [-0.25, -0.2) is 9.67 Å². The molecule has 1 aliphatic heterocycles. The highest BCUT2D eigenvalue weighted by Gasteiger charge is 2.28. The van der Waals surface area contributed by atoms with Crippen molar-refractivity contribution in [3.8, 4) is 0 Å². The van der Waals surface area contributed by atoms with Crippen molar-refractivity contribution in [3.05, 3.63) is 43.8 Å². The molecule has 2 aromatic rings. The Morgan fingerprint density at radius 1 is 1.30 bits per heavy atom. The molecule has 0 aromatic carbocycles. The quantitative estimate of drug-likeness (QED) is 0.861. The first-order valence-electron chi connectivity index (χ1n) is 8.40. The first-order valence-corrected chi connectivity index (χ1v) is 9.28. The fourth-order valence-corrected chi connectivity index (χ4v) is 4.21. The molecular formula is C17H22N4OS.